The Labute approximate surface area is 113 Å². The molecule has 1 saturated carbocycles. The summed E-state index contributed by atoms with van der Waals surface area (Å²) in [7, 11) is 0. The van der Waals surface area contributed by atoms with E-state index >= 15 is 0 Å². The Bertz CT molecular complexity index is 398. The van der Waals surface area contributed by atoms with E-state index in [9.17, 15) is 0 Å². The highest BCUT2D eigenvalue weighted by molar-refractivity contribution is 6.28. The third-order valence-corrected chi connectivity index (χ3v) is 3.34. The summed E-state index contributed by atoms with van der Waals surface area (Å²) < 4.78 is 0. The quantitative estimate of drug-likeness (QED) is 0.861. The van der Waals surface area contributed by atoms with Gasteiger partial charge in [0.25, 0.3) is 0 Å². The van der Waals surface area contributed by atoms with Gasteiger partial charge in [0.2, 0.25) is 17.2 Å². The average Bonchev–Trinajstić information content (AvgIpc) is 2.71. The molecule has 0 spiro atoms. The van der Waals surface area contributed by atoms with Crippen molar-refractivity contribution in [1.82, 2.24) is 15.0 Å². The van der Waals surface area contributed by atoms with Crippen molar-refractivity contribution >= 4 is 23.5 Å². The van der Waals surface area contributed by atoms with Crippen LogP contribution >= 0.6 is 11.6 Å². The Kier molecular flexibility index (Phi) is 4.58. The molecule has 1 aromatic rings. The molecule has 1 aromatic heterocycles. The maximum absolute atomic E-state index is 5.90. The molecule has 1 aliphatic rings. The molecule has 0 aromatic carbocycles. The normalized spacial score (nSPS) is 23.1. The molecule has 2 rings (SSSR count). The standard InChI is InChI=1S/C12H20ClN5/c1-3-6-14-11-16-10(13)17-12(18-11)15-9-5-4-8(2)7-9/h8-9H,3-7H2,1-2H3,(H2,14,15,16,17,18). The largest absolute Gasteiger partial charge is 0.354 e. The fraction of sp³-hybridized carbons (Fsp3) is 0.750. The zero-order chi connectivity index (χ0) is 13.0. The molecule has 2 unspecified atom stereocenters. The second-order valence-corrected chi connectivity index (χ2v) is 5.28. The van der Waals surface area contributed by atoms with Gasteiger partial charge in [-0.15, -0.1) is 0 Å². The van der Waals surface area contributed by atoms with Gasteiger partial charge in [-0.1, -0.05) is 13.8 Å². The maximum atomic E-state index is 5.90. The van der Waals surface area contributed by atoms with E-state index in [1.54, 1.807) is 0 Å². The van der Waals surface area contributed by atoms with Crippen LogP contribution in [0.4, 0.5) is 11.9 Å². The molecule has 5 nitrogen and oxygen atoms in total. The lowest BCUT2D eigenvalue weighted by molar-refractivity contribution is 0.601. The van der Waals surface area contributed by atoms with Crippen LogP contribution in [0.3, 0.4) is 0 Å². The second kappa shape index (κ2) is 6.18. The summed E-state index contributed by atoms with van der Waals surface area (Å²) in [6, 6.07) is 0.456. The molecule has 2 atom stereocenters. The second-order valence-electron chi connectivity index (χ2n) is 4.94. The first kappa shape index (κ1) is 13.3. The van der Waals surface area contributed by atoms with Gasteiger partial charge in [0.1, 0.15) is 0 Å². The summed E-state index contributed by atoms with van der Waals surface area (Å²) in [6.45, 7) is 5.20. The predicted octanol–water partition coefficient (Wildman–Crippen LogP) is 2.95. The Morgan fingerprint density at radius 2 is 2.00 bits per heavy atom. The number of aromatic nitrogens is 3. The summed E-state index contributed by atoms with van der Waals surface area (Å²) in [5, 5.41) is 6.70. The molecular weight excluding hydrogens is 250 g/mol. The highest BCUT2D eigenvalue weighted by Crippen LogP contribution is 2.26. The van der Waals surface area contributed by atoms with Crippen LogP contribution < -0.4 is 10.6 Å². The molecule has 1 fully saturated rings. The molecule has 0 bridgehead atoms. The molecule has 0 aliphatic heterocycles. The van der Waals surface area contributed by atoms with E-state index in [0.717, 1.165) is 18.9 Å². The molecule has 100 valence electrons. The van der Waals surface area contributed by atoms with Crippen LogP contribution in [0.2, 0.25) is 5.28 Å². The Morgan fingerprint density at radius 1 is 1.22 bits per heavy atom. The highest BCUT2D eigenvalue weighted by atomic mass is 35.5. The van der Waals surface area contributed by atoms with Gasteiger partial charge in [0.15, 0.2) is 0 Å². The molecule has 0 saturated heterocycles. The number of anilines is 2. The van der Waals surface area contributed by atoms with Gasteiger partial charge in [0.05, 0.1) is 0 Å². The summed E-state index contributed by atoms with van der Waals surface area (Å²) in [6.07, 6.45) is 4.62. The zero-order valence-electron chi connectivity index (χ0n) is 10.9. The maximum Gasteiger partial charge on any atom is 0.229 e. The van der Waals surface area contributed by atoms with E-state index in [1.807, 2.05) is 0 Å². The molecule has 6 heteroatoms. The summed E-state index contributed by atoms with van der Waals surface area (Å²) in [4.78, 5) is 12.5. The number of hydrogen-bond donors (Lipinski definition) is 2. The number of halogens is 1. The number of rotatable bonds is 5. The van der Waals surface area contributed by atoms with Crippen LogP contribution in [0, 0.1) is 5.92 Å². The first-order valence-corrected chi connectivity index (χ1v) is 6.97. The van der Waals surface area contributed by atoms with Crippen molar-refractivity contribution in [3.63, 3.8) is 0 Å². The van der Waals surface area contributed by atoms with Crippen LogP contribution in [0.25, 0.3) is 0 Å². The Hall–Kier alpha value is -1.10. The van der Waals surface area contributed by atoms with Crippen LogP contribution in [0.15, 0.2) is 0 Å². The van der Waals surface area contributed by atoms with E-state index in [-0.39, 0.29) is 5.28 Å². The molecule has 0 radical (unpaired) electrons. The molecule has 1 heterocycles. The van der Waals surface area contributed by atoms with Crippen LogP contribution in [-0.4, -0.2) is 27.5 Å². The Morgan fingerprint density at radius 3 is 2.67 bits per heavy atom. The molecule has 18 heavy (non-hydrogen) atoms. The van der Waals surface area contributed by atoms with Gasteiger partial charge < -0.3 is 10.6 Å². The van der Waals surface area contributed by atoms with E-state index in [0.29, 0.717) is 17.9 Å². The van der Waals surface area contributed by atoms with Crippen molar-refractivity contribution in [3.05, 3.63) is 5.28 Å². The third kappa shape index (κ3) is 3.70. The lowest BCUT2D eigenvalue weighted by atomic mass is 10.1. The minimum atomic E-state index is 0.233. The summed E-state index contributed by atoms with van der Waals surface area (Å²) >= 11 is 5.90. The number of hydrogen-bond acceptors (Lipinski definition) is 5. The molecule has 2 N–H and O–H groups in total. The van der Waals surface area contributed by atoms with Gasteiger partial charge >= 0.3 is 0 Å². The fourth-order valence-corrected chi connectivity index (χ4v) is 2.41. The average molecular weight is 270 g/mol. The SMILES string of the molecule is CCCNc1nc(Cl)nc(NC2CCC(C)C2)n1. The minimum Gasteiger partial charge on any atom is -0.354 e. The van der Waals surface area contributed by atoms with E-state index in [4.69, 9.17) is 11.6 Å². The topological polar surface area (TPSA) is 62.7 Å². The summed E-state index contributed by atoms with van der Waals surface area (Å²) in [5.41, 5.74) is 0. The van der Waals surface area contributed by atoms with E-state index in [1.165, 1.54) is 19.3 Å². The van der Waals surface area contributed by atoms with Crippen molar-refractivity contribution in [2.24, 2.45) is 5.92 Å². The number of nitrogens with zero attached hydrogens (tertiary/aromatic N) is 3. The smallest absolute Gasteiger partial charge is 0.229 e. The fourth-order valence-electron chi connectivity index (χ4n) is 2.25. The Balaban J connectivity index is 2.00. The first-order chi connectivity index (χ1) is 8.67. The van der Waals surface area contributed by atoms with Crippen molar-refractivity contribution < 1.29 is 0 Å². The molecular formula is C12H20ClN5. The zero-order valence-corrected chi connectivity index (χ0v) is 11.7. The lowest BCUT2D eigenvalue weighted by Crippen LogP contribution is -2.18. The van der Waals surface area contributed by atoms with Gasteiger partial charge in [-0.2, -0.15) is 15.0 Å². The monoisotopic (exact) mass is 269 g/mol. The van der Waals surface area contributed by atoms with Crippen LogP contribution in [-0.2, 0) is 0 Å². The van der Waals surface area contributed by atoms with Crippen molar-refractivity contribution in [1.29, 1.82) is 0 Å². The van der Waals surface area contributed by atoms with Gasteiger partial charge in [-0.3, -0.25) is 0 Å². The van der Waals surface area contributed by atoms with Gasteiger partial charge in [-0.05, 0) is 43.2 Å². The first-order valence-electron chi connectivity index (χ1n) is 6.59. The predicted molar refractivity (Wildman–Crippen MR) is 74.0 cm³/mol. The van der Waals surface area contributed by atoms with Crippen molar-refractivity contribution in [3.8, 4) is 0 Å². The van der Waals surface area contributed by atoms with E-state index < -0.39 is 0 Å². The van der Waals surface area contributed by atoms with Crippen molar-refractivity contribution in [2.45, 2.75) is 45.6 Å². The highest BCUT2D eigenvalue weighted by Gasteiger charge is 2.22. The number of nitrogens with one attached hydrogen (secondary N) is 2. The minimum absolute atomic E-state index is 0.233. The van der Waals surface area contributed by atoms with Crippen molar-refractivity contribution in [2.75, 3.05) is 17.2 Å². The lowest BCUT2D eigenvalue weighted by Gasteiger charge is -2.13. The van der Waals surface area contributed by atoms with Crippen LogP contribution in [0.5, 0.6) is 0 Å². The van der Waals surface area contributed by atoms with Gasteiger partial charge in [-0.25, -0.2) is 0 Å². The summed E-state index contributed by atoms with van der Waals surface area (Å²) in [5.74, 6) is 1.90. The van der Waals surface area contributed by atoms with E-state index in [2.05, 4.69) is 39.4 Å². The third-order valence-electron chi connectivity index (χ3n) is 3.17. The molecule has 1 aliphatic carbocycles. The van der Waals surface area contributed by atoms with Gasteiger partial charge in [0, 0.05) is 12.6 Å². The molecule has 0 amide bonds. The van der Waals surface area contributed by atoms with Crippen LogP contribution in [0.1, 0.15) is 39.5 Å².